The third-order valence-corrected chi connectivity index (χ3v) is 6.98. The number of nitrogens with zero attached hydrogens (tertiary/aromatic N) is 3. The lowest BCUT2D eigenvalue weighted by atomic mass is 10.2. The lowest BCUT2D eigenvalue weighted by molar-refractivity contribution is -0.122. The van der Waals surface area contributed by atoms with E-state index in [4.69, 9.17) is 26.7 Å². The van der Waals surface area contributed by atoms with Gasteiger partial charge in [-0.1, -0.05) is 50.0 Å². The van der Waals surface area contributed by atoms with Gasteiger partial charge in [0.2, 0.25) is 6.79 Å². The van der Waals surface area contributed by atoms with Gasteiger partial charge in [-0.25, -0.2) is 4.98 Å². The number of amides is 1. The van der Waals surface area contributed by atoms with Gasteiger partial charge in [-0.05, 0) is 48.2 Å². The molecule has 3 aromatic rings. The predicted octanol–water partition coefficient (Wildman–Crippen LogP) is 4.20. The van der Waals surface area contributed by atoms with Crippen molar-refractivity contribution in [2.75, 3.05) is 18.7 Å². The minimum Gasteiger partial charge on any atom is -0.454 e. The molecule has 1 aromatic carbocycles. The molecule has 35 heavy (non-hydrogen) atoms. The smallest absolute Gasteiger partial charge is 0.267 e. The molecule has 0 unspecified atom stereocenters. The SMILES string of the molecule is Cc1ccc2nc(NCc3ccc4c(c3)OCO4)c(/C=C3\SC(=S)N(CC(C)C)C3=O)c(=O)n2c1. The van der Waals surface area contributed by atoms with Crippen molar-refractivity contribution >= 4 is 51.7 Å². The number of carbonyl (C=O) groups excluding carboxylic acids is 1. The first-order valence-corrected chi connectivity index (χ1v) is 12.4. The minimum atomic E-state index is -0.263. The van der Waals surface area contributed by atoms with E-state index in [1.165, 1.54) is 16.2 Å². The van der Waals surface area contributed by atoms with Crippen molar-refractivity contribution < 1.29 is 14.3 Å². The topological polar surface area (TPSA) is 85.2 Å². The zero-order valence-corrected chi connectivity index (χ0v) is 21.2. The van der Waals surface area contributed by atoms with Crippen molar-refractivity contribution in [3.63, 3.8) is 0 Å². The minimum absolute atomic E-state index is 0.191. The highest BCUT2D eigenvalue weighted by Crippen LogP contribution is 2.34. The number of nitrogens with one attached hydrogen (secondary N) is 1. The van der Waals surface area contributed by atoms with Crippen LogP contribution in [0.25, 0.3) is 11.7 Å². The van der Waals surface area contributed by atoms with Crippen LogP contribution in [0.1, 0.15) is 30.5 Å². The zero-order chi connectivity index (χ0) is 24.7. The van der Waals surface area contributed by atoms with Crippen LogP contribution in [0, 0.1) is 12.8 Å². The number of benzene rings is 1. The molecule has 8 nitrogen and oxygen atoms in total. The summed E-state index contributed by atoms with van der Waals surface area (Å²) < 4.78 is 12.8. The largest absolute Gasteiger partial charge is 0.454 e. The summed E-state index contributed by atoms with van der Waals surface area (Å²) >= 11 is 6.64. The maximum absolute atomic E-state index is 13.5. The van der Waals surface area contributed by atoms with Crippen LogP contribution < -0.4 is 20.3 Å². The number of hydrogen-bond donors (Lipinski definition) is 1. The van der Waals surface area contributed by atoms with E-state index in [-0.39, 0.29) is 24.2 Å². The number of rotatable bonds is 6. The molecule has 2 aromatic heterocycles. The fourth-order valence-electron chi connectivity index (χ4n) is 3.91. The molecule has 1 amide bonds. The van der Waals surface area contributed by atoms with Gasteiger partial charge in [0.05, 0.1) is 10.5 Å². The number of ether oxygens (including phenoxy) is 2. The van der Waals surface area contributed by atoms with Crippen molar-refractivity contribution in [1.29, 1.82) is 0 Å². The summed E-state index contributed by atoms with van der Waals surface area (Å²) in [5.74, 6) is 1.86. The first-order chi connectivity index (χ1) is 16.8. The normalized spacial score (nSPS) is 16.2. The van der Waals surface area contributed by atoms with Gasteiger partial charge in [-0.3, -0.25) is 18.9 Å². The van der Waals surface area contributed by atoms with Crippen LogP contribution in [0.3, 0.4) is 0 Å². The van der Waals surface area contributed by atoms with E-state index in [1.54, 1.807) is 23.2 Å². The van der Waals surface area contributed by atoms with Crippen LogP contribution in [-0.2, 0) is 11.3 Å². The molecule has 10 heteroatoms. The Kier molecular flexibility index (Phi) is 6.24. The van der Waals surface area contributed by atoms with Crippen molar-refractivity contribution in [3.05, 3.63) is 68.5 Å². The van der Waals surface area contributed by atoms with Gasteiger partial charge in [-0.15, -0.1) is 0 Å². The van der Waals surface area contributed by atoms with Crippen LogP contribution in [0.4, 0.5) is 5.82 Å². The average Bonchev–Trinajstić information content (AvgIpc) is 3.39. The molecular weight excluding hydrogens is 484 g/mol. The average molecular weight is 509 g/mol. The summed E-state index contributed by atoms with van der Waals surface area (Å²) in [5, 5.41) is 3.28. The number of aryl methyl sites for hydroxylation is 1. The second-order valence-electron chi connectivity index (χ2n) is 8.84. The van der Waals surface area contributed by atoms with Crippen LogP contribution in [0.2, 0.25) is 0 Å². The Bertz CT molecular complexity index is 1450. The van der Waals surface area contributed by atoms with Crippen LogP contribution in [-0.4, -0.2) is 37.8 Å². The van der Waals surface area contributed by atoms with Gasteiger partial charge < -0.3 is 14.8 Å². The summed E-state index contributed by atoms with van der Waals surface area (Å²) in [6, 6.07) is 9.37. The molecular formula is C25H24N4O4S2. The van der Waals surface area contributed by atoms with Gasteiger partial charge >= 0.3 is 0 Å². The Balaban J connectivity index is 1.54. The van der Waals surface area contributed by atoms with Crippen LogP contribution in [0.5, 0.6) is 11.5 Å². The zero-order valence-electron chi connectivity index (χ0n) is 19.5. The van der Waals surface area contributed by atoms with Crippen molar-refractivity contribution in [3.8, 4) is 11.5 Å². The first-order valence-electron chi connectivity index (χ1n) is 11.2. The van der Waals surface area contributed by atoms with Gasteiger partial charge in [0.15, 0.2) is 11.5 Å². The molecule has 2 aliphatic rings. The molecule has 0 radical (unpaired) electrons. The molecule has 180 valence electrons. The highest BCUT2D eigenvalue weighted by atomic mass is 32.2. The summed E-state index contributed by atoms with van der Waals surface area (Å²) in [7, 11) is 0. The Hall–Kier alpha value is -3.37. The molecule has 0 bridgehead atoms. The van der Waals surface area contributed by atoms with E-state index in [0.29, 0.717) is 50.8 Å². The van der Waals surface area contributed by atoms with E-state index in [0.717, 1.165) is 11.1 Å². The highest BCUT2D eigenvalue weighted by Gasteiger charge is 2.33. The molecule has 0 atom stereocenters. The number of carbonyl (C=O) groups is 1. The Morgan fingerprint density at radius 2 is 2.00 bits per heavy atom. The molecule has 1 fully saturated rings. The van der Waals surface area contributed by atoms with Crippen molar-refractivity contribution in [1.82, 2.24) is 14.3 Å². The number of thioether (sulfide) groups is 1. The van der Waals surface area contributed by atoms with E-state index < -0.39 is 0 Å². The number of aromatic nitrogens is 2. The fraction of sp³-hybridized carbons (Fsp3) is 0.280. The second kappa shape index (κ2) is 9.35. The molecule has 0 saturated carbocycles. The molecule has 0 aliphatic carbocycles. The number of pyridine rings is 1. The summed E-state index contributed by atoms with van der Waals surface area (Å²) in [6.45, 7) is 7.11. The third-order valence-electron chi connectivity index (χ3n) is 5.60. The van der Waals surface area contributed by atoms with E-state index >= 15 is 0 Å². The van der Waals surface area contributed by atoms with Gasteiger partial charge in [0.1, 0.15) is 15.8 Å². The highest BCUT2D eigenvalue weighted by molar-refractivity contribution is 8.26. The maximum Gasteiger partial charge on any atom is 0.267 e. The molecule has 1 saturated heterocycles. The van der Waals surface area contributed by atoms with Crippen molar-refractivity contribution in [2.24, 2.45) is 5.92 Å². The summed E-state index contributed by atoms with van der Waals surface area (Å²) in [6.07, 6.45) is 3.35. The lowest BCUT2D eigenvalue weighted by Crippen LogP contribution is -2.31. The van der Waals surface area contributed by atoms with E-state index in [9.17, 15) is 9.59 Å². The summed E-state index contributed by atoms with van der Waals surface area (Å²) in [4.78, 5) is 33.3. The maximum atomic E-state index is 13.5. The lowest BCUT2D eigenvalue weighted by Gasteiger charge is -2.16. The molecule has 1 N–H and O–H groups in total. The summed E-state index contributed by atoms with van der Waals surface area (Å²) in [5.41, 5.74) is 2.42. The number of anilines is 1. The van der Waals surface area contributed by atoms with Gasteiger partial charge in [0, 0.05) is 19.3 Å². The van der Waals surface area contributed by atoms with Crippen LogP contribution >= 0.6 is 24.0 Å². The van der Waals surface area contributed by atoms with Gasteiger partial charge in [0.25, 0.3) is 11.5 Å². The molecule has 0 spiro atoms. The monoisotopic (exact) mass is 508 g/mol. The number of thiocarbonyl (C=S) groups is 1. The Morgan fingerprint density at radius 3 is 2.80 bits per heavy atom. The van der Waals surface area contributed by atoms with E-state index in [2.05, 4.69) is 5.32 Å². The fourth-order valence-corrected chi connectivity index (χ4v) is 5.17. The molecule has 5 rings (SSSR count). The molecule has 4 heterocycles. The van der Waals surface area contributed by atoms with Gasteiger partial charge in [-0.2, -0.15) is 0 Å². The Labute approximate surface area is 211 Å². The first kappa shape index (κ1) is 23.4. The number of fused-ring (bicyclic) bond motifs is 2. The predicted molar refractivity (Wildman–Crippen MR) is 141 cm³/mol. The second-order valence-corrected chi connectivity index (χ2v) is 10.5. The third kappa shape index (κ3) is 4.63. The van der Waals surface area contributed by atoms with Crippen LogP contribution in [0.15, 0.2) is 46.2 Å². The van der Waals surface area contributed by atoms with E-state index in [1.807, 2.05) is 45.0 Å². The Morgan fingerprint density at radius 1 is 1.20 bits per heavy atom. The standard InChI is InChI=1S/C25H24N4O4S2/c1-14(2)11-29-24(31)20(35-25(29)34)9-17-22(27-21-7-4-15(3)12-28(21)23(17)30)26-10-16-5-6-18-19(8-16)33-13-32-18/h4-9,12,14,26H,10-11,13H2,1-3H3/b20-9-. The quantitative estimate of drug-likeness (QED) is 0.392. The van der Waals surface area contributed by atoms with Crippen molar-refractivity contribution in [2.45, 2.75) is 27.3 Å². The molecule has 2 aliphatic heterocycles. The number of hydrogen-bond acceptors (Lipinski definition) is 8.